The molecule has 0 atom stereocenters. The van der Waals surface area contributed by atoms with E-state index in [0.717, 1.165) is 11.1 Å². The van der Waals surface area contributed by atoms with Crippen molar-refractivity contribution in [1.82, 2.24) is 0 Å². The first kappa shape index (κ1) is 73.0. The molecule has 0 spiro atoms. The smallest absolute Gasteiger partial charge is 0.409 e. The Kier molecular flexibility index (Phi) is 46.2. The molecule has 0 aromatic heterocycles. The number of carbonyl (C=O) groups is 8. The lowest BCUT2D eigenvalue weighted by Crippen LogP contribution is -2.02. The zero-order valence-electron chi connectivity index (χ0n) is 40.8. The topological polar surface area (TPSA) is 229 Å². The van der Waals surface area contributed by atoms with Crippen LogP contribution in [0.1, 0.15) is 31.9 Å². The Labute approximate surface area is 472 Å². The SMILES string of the molecule is CC(C)COC(=O)Cl.CCOC(=O)Cl.COC(=O)Cl.COc1ccc(OC(=O)Cl)cc1.COc1ccccc1OC(=O)Cl.Cc1ccc(OC(=O)Cl)cc1.O=C(Cl)OCc1ccccc1.O=C(Cl)Oc1ccccc1. The average molecular weight is 1210 g/mol. The minimum Gasteiger partial charge on any atom is -0.497 e. The molecule has 0 aliphatic rings. The van der Waals surface area contributed by atoms with Crippen LogP contribution in [0.25, 0.3) is 0 Å². The third-order valence-electron chi connectivity index (χ3n) is 6.82. The first-order valence-corrected chi connectivity index (χ1v) is 23.5. The van der Waals surface area contributed by atoms with E-state index in [1.165, 1.54) is 14.2 Å². The molecule has 0 unspecified atom stereocenters. The lowest BCUT2D eigenvalue weighted by Gasteiger charge is -2.04. The summed E-state index contributed by atoms with van der Waals surface area (Å²) in [4.78, 5) is 80.0. The van der Waals surface area contributed by atoms with Gasteiger partial charge in [0.2, 0.25) is 0 Å². The second-order valence-corrected chi connectivity index (χ2v) is 15.3. The molecule has 0 saturated heterocycles. The van der Waals surface area contributed by atoms with Gasteiger partial charge in [0.05, 0.1) is 34.5 Å². The highest BCUT2D eigenvalue weighted by molar-refractivity contribution is 6.63. The Balaban J connectivity index is -0.000000801. The number of hydrogen-bond acceptors (Lipinski definition) is 18. The van der Waals surface area contributed by atoms with Crippen molar-refractivity contribution in [2.24, 2.45) is 5.92 Å². The quantitative estimate of drug-likeness (QED) is 0.0884. The van der Waals surface area contributed by atoms with Gasteiger partial charge in [-0.2, -0.15) is 0 Å². The number of rotatable bonds is 11. The van der Waals surface area contributed by atoms with Gasteiger partial charge >= 0.3 is 43.4 Å². The first-order chi connectivity index (χ1) is 35.4. The summed E-state index contributed by atoms with van der Waals surface area (Å²) >= 11 is 39.1. The Morgan fingerprint density at radius 1 is 0.400 bits per heavy atom. The molecule has 410 valence electrons. The fraction of sp³-hybridized carbons (Fsp3) is 0.224. The van der Waals surface area contributed by atoms with Crippen LogP contribution in [0.4, 0.5) is 38.4 Å². The molecule has 75 heavy (non-hydrogen) atoms. The maximum Gasteiger partial charge on any atom is 0.409 e. The van der Waals surface area contributed by atoms with Crippen LogP contribution in [0.3, 0.4) is 0 Å². The van der Waals surface area contributed by atoms with Crippen molar-refractivity contribution in [3.05, 3.63) is 145 Å². The third-order valence-corrected chi connectivity index (χ3v) is 7.61. The summed E-state index contributed by atoms with van der Waals surface area (Å²) in [6, 6.07) is 38.4. The number of hydrogen-bond donors (Lipinski definition) is 0. The van der Waals surface area contributed by atoms with E-state index >= 15 is 0 Å². The van der Waals surface area contributed by atoms with Crippen molar-refractivity contribution >= 4 is 136 Å². The van der Waals surface area contributed by atoms with Gasteiger partial charge in [-0.15, -0.1) is 0 Å². The highest BCUT2D eigenvalue weighted by Gasteiger charge is 2.06. The predicted octanol–water partition coefficient (Wildman–Crippen LogP) is 17.0. The molecule has 0 N–H and O–H groups in total. The van der Waals surface area contributed by atoms with Crippen molar-refractivity contribution in [1.29, 1.82) is 0 Å². The number of para-hydroxylation sites is 3. The van der Waals surface area contributed by atoms with Crippen LogP contribution < -0.4 is 28.4 Å². The Morgan fingerprint density at radius 2 is 0.760 bits per heavy atom. The Morgan fingerprint density at radius 3 is 1.08 bits per heavy atom. The van der Waals surface area contributed by atoms with Crippen LogP contribution in [0, 0.1) is 12.8 Å². The summed E-state index contributed by atoms with van der Waals surface area (Å²) in [5, 5.41) is 0. The van der Waals surface area contributed by atoms with E-state index in [1.54, 1.807) is 99.0 Å². The second-order valence-electron chi connectivity index (χ2n) is 12.9. The number of carbonyl (C=O) groups excluding carboxylic acids is 8. The predicted molar refractivity (Wildman–Crippen MR) is 287 cm³/mol. The van der Waals surface area contributed by atoms with E-state index in [0.29, 0.717) is 53.6 Å². The molecule has 0 heterocycles. The molecule has 18 nitrogen and oxygen atoms in total. The van der Waals surface area contributed by atoms with Gasteiger partial charge in [-0.3, -0.25) is 0 Å². The van der Waals surface area contributed by atoms with Crippen LogP contribution in [0.2, 0.25) is 0 Å². The zero-order valence-corrected chi connectivity index (χ0v) is 46.8. The minimum atomic E-state index is -0.875. The zero-order chi connectivity index (χ0) is 57.6. The van der Waals surface area contributed by atoms with Gasteiger partial charge in [0.25, 0.3) is 0 Å². The van der Waals surface area contributed by atoms with Gasteiger partial charge < -0.3 is 47.4 Å². The Hall–Kier alpha value is -6.22. The summed E-state index contributed by atoms with van der Waals surface area (Å²) in [6.07, 6.45) is 0. The number of methoxy groups -OCH3 is 3. The van der Waals surface area contributed by atoms with Crippen molar-refractivity contribution in [3.8, 4) is 34.5 Å². The summed E-state index contributed by atoms with van der Waals surface area (Å²) in [6.45, 7) is 8.53. The van der Waals surface area contributed by atoms with E-state index in [9.17, 15) is 38.4 Å². The van der Waals surface area contributed by atoms with E-state index in [2.05, 4.69) is 49.5 Å². The van der Waals surface area contributed by atoms with Crippen LogP contribution in [0.15, 0.2) is 133 Å². The molecule has 5 aromatic rings. The lowest BCUT2D eigenvalue weighted by molar-refractivity contribution is 0.159. The highest BCUT2D eigenvalue weighted by atomic mass is 35.5. The molecule has 0 aliphatic heterocycles. The van der Waals surface area contributed by atoms with Crippen molar-refractivity contribution in [2.75, 3.05) is 34.5 Å². The fourth-order valence-electron chi connectivity index (χ4n) is 3.87. The normalized spacial score (nSPS) is 8.91. The van der Waals surface area contributed by atoms with Crippen molar-refractivity contribution in [3.63, 3.8) is 0 Å². The minimum absolute atomic E-state index is 0.239. The second kappa shape index (κ2) is 47.5. The maximum atomic E-state index is 10.4. The molecule has 0 bridgehead atoms. The number of ether oxygens (including phenoxy) is 10. The molecular weight excluding hydrogens is 1160 g/mol. The molecule has 0 fully saturated rings. The van der Waals surface area contributed by atoms with E-state index < -0.39 is 43.4 Å². The largest absolute Gasteiger partial charge is 0.497 e. The van der Waals surface area contributed by atoms with Crippen LogP contribution in [0.5, 0.6) is 34.5 Å². The molecule has 0 saturated carbocycles. The molecule has 5 aromatic carbocycles. The summed E-state index contributed by atoms with van der Waals surface area (Å²) in [7, 11) is 4.26. The third kappa shape index (κ3) is 51.1. The molecule has 5 rings (SSSR count). The lowest BCUT2D eigenvalue weighted by atomic mass is 10.2. The monoisotopic (exact) mass is 1210 g/mol. The van der Waals surface area contributed by atoms with Crippen molar-refractivity contribution < 1.29 is 85.7 Å². The van der Waals surface area contributed by atoms with E-state index in [4.69, 9.17) is 90.7 Å². The van der Waals surface area contributed by atoms with Crippen LogP contribution >= 0.6 is 92.8 Å². The van der Waals surface area contributed by atoms with Gasteiger partial charge in [0.1, 0.15) is 29.6 Å². The van der Waals surface area contributed by atoms with Gasteiger partial charge in [-0.1, -0.05) is 92.2 Å². The molecule has 26 heteroatoms. The maximum absolute atomic E-state index is 10.4. The van der Waals surface area contributed by atoms with Crippen LogP contribution in [-0.4, -0.2) is 78.0 Å². The number of aryl methyl sites for hydroxylation is 1. The van der Waals surface area contributed by atoms with E-state index in [1.807, 2.05) is 69.3 Å². The van der Waals surface area contributed by atoms with Crippen LogP contribution in [-0.2, 0) is 25.6 Å². The fourth-order valence-corrected chi connectivity index (χ4v) is 4.44. The summed E-state index contributed by atoms with van der Waals surface area (Å²) in [5.74, 6) is 3.18. The van der Waals surface area contributed by atoms with Gasteiger partial charge in [-0.25, -0.2) is 38.4 Å². The molecule has 0 aliphatic carbocycles. The van der Waals surface area contributed by atoms with Crippen molar-refractivity contribution in [2.45, 2.75) is 34.3 Å². The molecular formula is C49H50Cl8O18. The Bertz CT molecular complexity index is 2380. The average Bonchev–Trinajstić information content (AvgIpc) is 3.35. The first-order valence-electron chi connectivity index (χ1n) is 20.5. The summed E-state index contributed by atoms with van der Waals surface area (Å²) < 4.78 is 45.2. The molecule has 0 amide bonds. The standard InChI is InChI=1S/2C8H7ClO3.2C8H7ClO2.C7H5ClO2.C5H9ClO2.C3H5ClO2.C2H3ClO2/c1-11-6-2-4-7(5-3-6)12-8(9)10;1-11-6-4-2-3-5-7(6)12-8(9)10;1-6-2-4-7(5-3-6)11-8(9)10;9-8(10)11-6-7-4-2-1-3-5-7;8-7(9)10-6-4-2-1-3-5-6;1-4(2)3-8-5(6)7;1-2-6-3(4)5;1-5-2(3)4/h2*2-5H,1H3;2-5H,1H3;1-5H,6H2;1-5H;4H,3H2,1-2H3;2H2,1H3;1H3. The number of halogens is 8. The number of benzene rings is 5. The molecule has 0 radical (unpaired) electrons. The highest BCUT2D eigenvalue weighted by Crippen LogP contribution is 2.26. The van der Waals surface area contributed by atoms with Gasteiger partial charge in [0.15, 0.2) is 11.5 Å². The van der Waals surface area contributed by atoms with Gasteiger partial charge in [-0.05, 0) is 86.0 Å². The van der Waals surface area contributed by atoms with Gasteiger partial charge in [0, 0.05) is 92.8 Å². The summed E-state index contributed by atoms with van der Waals surface area (Å²) in [5.41, 5.74) is -4.31. The van der Waals surface area contributed by atoms with E-state index in [-0.39, 0.29) is 6.61 Å².